The number of carbonyl (C=O) groups is 2. The topological polar surface area (TPSA) is 135 Å². The minimum atomic E-state index is -3.96. The molecule has 0 radical (unpaired) electrons. The molecule has 11 nitrogen and oxygen atoms in total. The molecule has 2 unspecified atom stereocenters. The third-order valence-corrected chi connectivity index (χ3v) is 12.2. The van der Waals surface area contributed by atoms with E-state index in [2.05, 4.69) is 89.3 Å². The van der Waals surface area contributed by atoms with Crippen molar-refractivity contribution in [3.05, 3.63) is 103 Å². The Morgan fingerprint density at radius 3 is 1.54 bits per heavy atom. The summed E-state index contributed by atoms with van der Waals surface area (Å²) in [5.41, 5.74) is 4.02. The number of alkyl halides is 7. The zero-order valence-corrected chi connectivity index (χ0v) is 54.3. The average molecular weight is 1200 g/mol. The maximum absolute atomic E-state index is 11.8. The van der Waals surface area contributed by atoms with Gasteiger partial charge in [-0.3, -0.25) is 19.7 Å². The van der Waals surface area contributed by atoms with Crippen LogP contribution >= 0.6 is 0 Å². The summed E-state index contributed by atoms with van der Waals surface area (Å²) in [7, 11) is 1.38. The van der Waals surface area contributed by atoms with Crippen LogP contribution in [0.4, 0.5) is 30.7 Å². The van der Waals surface area contributed by atoms with Crippen LogP contribution in [0.15, 0.2) is 85.8 Å². The number of ether oxygens (including phenoxy) is 2. The molecule has 0 amide bonds. The fourth-order valence-corrected chi connectivity index (χ4v) is 6.00. The van der Waals surface area contributed by atoms with Crippen molar-refractivity contribution in [1.82, 2.24) is 34.7 Å². The van der Waals surface area contributed by atoms with Gasteiger partial charge in [0.25, 0.3) is 5.92 Å². The number of hydrogen-bond acceptors (Lipinski definition) is 10. The quantitative estimate of drug-likeness (QED) is 0.109. The number of ketones is 1. The number of hydrogen-bond donors (Lipinski definition) is 0. The van der Waals surface area contributed by atoms with Gasteiger partial charge in [-0.25, -0.2) is 32.2 Å². The Bertz CT molecular complexity index is 2220. The van der Waals surface area contributed by atoms with E-state index in [0.717, 1.165) is 84.9 Å². The Morgan fingerprint density at radius 2 is 1.26 bits per heavy atom. The largest absolute Gasteiger partial charge is 0.469 e. The minimum Gasteiger partial charge on any atom is -0.469 e. The van der Waals surface area contributed by atoms with Crippen molar-refractivity contribution < 1.29 is 49.8 Å². The van der Waals surface area contributed by atoms with Gasteiger partial charge in [0.2, 0.25) is 5.92 Å². The second-order valence-electron chi connectivity index (χ2n) is 21.5. The standard InChI is InChI=1S/C12H9N3.C7H10N2.C7H14.C6H8N2.C6H12O.C5H8F2.C4H8F2.C4H8O2.C4H8O.C4H8.C4H10.C3H5F3/c1-2-6-12-10(4-1)9-15(14-12)11-5-3-7-13-8-11;1-3-7-5-8-6(2)4-9-7;1-7-5-3-2-4-6-7;1-2-6-7-4-3-5-8-6;1-2-6-4-3-5-7-6;1-2-4-3-5(4,6)7;1-3-4(2,5)6;1-3-4(5)6-2;1-3-4(2)5;1-4-2-3-4;1-4(2)3;1-2-3(4,5)6/h1-9H;4-5H,3H2,1-2H3;7H,2-6H2,1H3;3-5H,2H2,1H3;6H,2-5H2,1H3;4H,2-3H2,1H3;2*3H2,1-2H3;3H2,1-2H3;4H,2-3H2,1H3;4H,1-3H3;2H2,1H3. The molecule has 2 atom stereocenters. The highest BCUT2D eigenvalue weighted by molar-refractivity contribution is 5.78. The SMILES string of the molecule is CC(C)C.CC1CC1.CC1CCCCC1.CCC(=O)OC.CCC(C)(F)F.CCC(C)=O.CCC(F)(F)F.CCC1CC1(F)F.CCC1CCCO1.CCc1cnc(C)cn1.CCc1ncccn1.c1cncc(-n2cc3ccccc3n2)c1. The average Bonchev–Trinajstić information content (AvgIpc) is 4.29. The van der Waals surface area contributed by atoms with E-state index in [4.69, 9.17) is 4.74 Å². The molecule has 4 fully saturated rings. The van der Waals surface area contributed by atoms with Crippen molar-refractivity contribution in [2.45, 2.75) is 250 Å². The predicted molar refractivity (Wildman–Crippen MR) is 331 cm³/mol. The number of methoxy groups -OCH3 is 1. The zero-order valence-electron chi connectivity index (χ0n) is 54.3. The highest BCUT2D eigenvalue weighted by Crippen LogP contribution is 2.50. The number of Topliss-reactive ketones (excluding diaryl/α,β-unsaturated/α-hetero) is 1. The van der Waals surface area contributed by atoms with Crippen molar-refractivity contribution in [1.29, 1.82) is 0 Å². The van der Waals surface area contributed by atoms with Gasteiger partial charge in [-0.1, -0.05) is 153 Å². The number of fused-ring (bicyclic) bond motifs is 1. The molecular formula is C66H108F7N7O4. The summed E-state index contributed by atoms with van der Waals surface area (Å²) in [6, 6.07) is 13.8. The summed E-state index contributed by atoms with van der Waals surface area (Å²) in [6.07, 6.45) is 26.5. The molecule has 1 aromatic carbocycles. The lowest BCUT2D eigenvalue weighted by Gasteiger charge is -2.15. The molecule has 0 N–H and O–H groups in total. The highest BCUT2D eigenvalue weighted by atomic mass is 19.4. The Hall–Kier alpha value is -5.39. The van der Waals surface area contributed by atoms with E-state index < -0.39 is 24.4 Å². The molecule has 18 heteroatoms. The van der Waals surface area contributed by atoms with Crippen molar-refractivity contribution in [2.24, 2.45) is 23.7 Å². The number of esters is 1. The third-order valence-electron chi connectivity index (χ3n) is 12.2. The number of halogens is 7. The fraction of sp³-hybridized carbons (Fsp3) is 0.667. The van der Waals surface area contributed by atoms with Crippen LogP contribution in [-0.4, -0.2) is 84.3 Å². The second kappa shape index (κ2) is 49.8. The van der Waals surface area contributed by atoms with Crippen LogP contribution < -0.4 is 0 Å². The summed E-state index contributed by atoms with van der Waals surface area (Å²) >= 11 is 0. The Morgan fingerprint density at radius 1 is 0.714 bits per heavy atom. The number of rotatable bonds is 8. The Labute approximate surface area is 502 Å². The van der Waals surface area contributed by atoms with Crippen molar-refractivity contribution in [2.75, 3.05) is 13.7 Å². The number of pyridine rings is 1. The summed E-state index contributed by atoms with van der Waals surface area (Å²) < 4.78 is 90.3. The lowest BCUT2D eigenvalue weighted by molar-refractivity contribution is -0.140. The highest BCUT2D eigenvalue weighted by Gasteiger charge is 2.55. The van der Waals surface area contributed by atoms with Crippen LogP contribution in [0.1, 0.15) is 224 Å². The molecule has 480 valence electrons. The van der Waals surface area contributed by atoms with Gasteiger partial charge in [0.15, 0.2) is 0 Å². The summed E-state index contributed by atoms with van der Waals surface area (Å²) in [5.74, 6) is -1.07. The number of aryl methyl sites for hydroxylation is 3. The number of nitrogens with zero attached hydrogens (tertiary/aromatic N) is 7. The van der Waals surface area contributed by atoms with Crippen LogP contribution in [0, 0.1) is 30.6 Å². The first-order chi connectivity index (χ1) is 39.5. The van der Waals surface area contributed by atoms with E-state index in [1.54, 1.807) is 51.8 Å². The van der Waals surface area contributed by atoms with Gasteiger partial charge >= 0.3 is 12.1 Å². The molecule has 84 heavy (non-hydrogen) atoms. The van der Waals surface area contributed by atoms with Crippen LogP contribution in [0.25, 0.3) is 16.6 Å². The summed E-state index contributed by atoms with van der Waals surface area (Å²) in [5, 5.41) is 5.60. The maximum atomic E-state index is 11.8. The minimum absolute atomic E-state index is 0.0625. The first kappa shape index (κ1) is 82.8. The van der Waals surface area contributed by atoms with Gasteiger partial charge in [0.1, 0.15) is 11.6 Å². The van der Waals surface area contributed by atoms with Crippen LogP contribution in [0.3, 0.4) is 0 Å². The lowest BCUT2D eigenvalue weighted by Crippen LogP contribution is -2.05. The van der Waals surface area contributed by atoms with E-state index in [-0.39, 0.29) is 30.5 Å². The van der Waals surface area contributed by atoms with E-state index in [1.807, 2.05) is 74.2 Å². The van der Waals surface area contributed by atoms with Gasteiger partial charge in [-0.2, -0.15) is 18.3 Å². The van der Waals surface area contributed by atoms with E-state index in [1.165, 1.54) is 78.2 Å². The fourth-order valence-electron chi connectivity index (χ4n) is 6.00. The Balaban J connectivity index is -0.000000871. The van der Waals surface area contributed by atoms with Crippen molar-refractivity contribution >= 4 is 22.7 Å². The molecule has 9 rings (SSSR count). The third kappa shape index (κ3) is 53.3. The molecule has 1 saturated heterocycles. The summed E-state index contributed by atoms with van der Waals surface area (Å²) in [4.78, 5) is 40.0. The normalized spacial score (nSPS) is 15.9. The number of aromatic nitrogens is 7. The number of benzene rings is 1. The second-order valence-corrected chi connectivity index (χ2v) is 21.5. The smallest absolute Gasteiger partial charge is 0.388 e. The molecular weight excluding hydrogens is 1090 g/mol. The van der Waals surface area contributed by atoms with Gasteiger partial charge in [-0.15, -0.1) is 0 Å². The number of carbonyl (C=O) groups excluding carboxylic acids is 2. The van der Waals surface area contributed by atoms with Gasteiger partial charge in [0.05, 0.1) is 42.0 Å². The van der Waals surface area contributed by atoms with Crippen LogP contribution in [0.5, 0.6) is 0 Å². The first-order valence-corrected chi connectivity index (χ1v) is 30.4. The van der Waals surface area contributed by atoms with Gasteiger partial charge < -0.3 is 14.3 Å². The van der Waals surface area contributed by atoms with Gasteiger partial charge in [0, 0.05) is 93.6 Å². The molecule has 3 aliphatic carbocycles. The zero-order chi connectivity index (χ0) is 64.6. The van der Waals surface area contributed by atoms with E-state index in [0.29, 0.717) is 25.4 Å². The molecule has 3 saturated carbocycles. The summed E-state index contributed by atoms with van der Waals surface area (Å²) in [6.45, 7) is 30.8. The van der Waals surface area contributed by atoms with E-state index >= 15 is 0 Å². The molecule has 0 bridgehead atoms. The lowest BCUT2D eigenvalue weighted by atomic mass is 9.91. The van der Waals surface area contributed by atoms with Crippen molar-refractivity contribution in [3.8, 4) is 5.69 Å². The van der Waals surface area contributed by atoms with Crippen molar-refractivity contribution in [3.63, 3.8) is 0 Å². The monoisotopic (exact) mass is 1200 g/mol. The molecule has 1 aliphatic heterocycles. The van der Waals surface area contributed by atoms with E-state index in [9.17, 15) is 40.3 Å². The first-order valence-electron chi connectivity index (χ1n) is 30.4. The van der Waals surface area contributed by atoms with Crippen LogP contribution in [-0.2, 0) is 31.9 Å². The molecule has 0 spiro atoms. The van der Waals surface area contributed by atoms with Gasteiger partial charge in [-0.05, 0) is 94.9 Å². The molecule has 5 aromatic rings. The predicted octanol–water partition coefficient (Wildman–Crippen LogP) is 19.7. The maximum Gasteiger partial charge on any atom is 0.388 e. The molecule has 5 heterocycles. The Kier molecular flexibility index (Phi) is 49.1. The molecule has 4 aromatic heterocycles. The van der Waals surface area contributed by atoms with Crippen LogP contribution in [0.2, 0.25) is 0 Å². The molecule has 4 aliphatic rings.